The van der Waals surface area contributed by atoms with E-state index in [4.69, 9.17) is 10.2 Å². The van der Waals surface area contributed by atoms with Crippen molar-refractivity contribution in [2.45, 2.75) is 57.4 Å². The summed E-state index contributed by atoms with van der Waals surface area (Å²) in [6.45, 7) is -0.729. The minimum absolute atomic E-state index is 0.0389. The number of hydrogen-bond donors (Lipinski definition) is 4. The Kier molecular flexibility index (Phi) is 11.4. The lowest BCUT2D eigenvalue weighted by atomic mass is 10.1. The monoisotopic (exact) mass is 507 g/mol. The summed E-state index contributed by atoms with van der Waals surface area (Å²) in [7, 11) is 0. The van der Waals surface area contributed by atoms with Gasteiger partial charge in [-0.2, -0.15) is 0 Å². The fourth-order valence-electron chi connectivity index (χ4n) is 3.30. The summed E-state index contributed by atoms with van der Waals surface area (Å²) >= 11 is 0. The quantitative estimate of drug-likeness (QED) is 0.194. The molecule has 1 heterocycles. The standard InChI is InChI=1S/C23H30FN5O7/c24-13-2-4-17-15-28(27-26-17)18-8-6-16(7-9-18)3-1-5-21(31)29(36)14-12-20(30)25-19(23(34)35)10-11-22(32)33/h6-9,15,19,36H,1-5,10-14H2,(H,25,30)(H,32,33)(H,34,35). The first kappa shape index (κ1) is 28.4. The molecule has 0 fully saturated rings. The number of nitrogens with one attached hydrogen (secondary N) is 1. The number of nitrogens with zero attached hydrogens (tertiary/aromatic N) is 4. The van der Waals surface area contributed by atoms with Gasteiger partial charge in [-0.15, -0.1) is 5.10 Å². The van der Waals surface area contributed by atoms with E-state index < -0.39 is 42.9 Å². The number of rotatable bonds is 16. The van der Waals surface area contributed by atoms with Crippen molar-refractivity contribution in [3.05, 3.63) is 41.7 Å². The van der Waals surface area contributed by atoms with Gasteiger partial charge < -0.3 is 15.5 Å². The third kappa shape index (κ3) is 9.78. The first-order valence-electron chi connectivity index (χ1n) is 11.5. The second-order valence-corrected chi connectivity index (χ2v) is 8.12. The van der Waals surface area contributed by atoms with Gasteiger partial charge in [0.05, 0.1) is 30.8 Å². The summed E-state index contributed by atoms with van der Waals surface area (Å²) in [5, 5.41) is 38.2. The van der Waals surface area contributed by atoms with Crippen LogP contribution >= 0.6 is 0 Å². The molecule has 0 saturated heterocycles. The molecule has 4 N–H and O–H groups in total. The van der Waals surface area contributed by atoms with Crippen molar-refractivity contribution in [3.8, 4) is 5.69 Å². The number of carboxylic acid groups (broad SMARTS) is 2. The fourth-order valence-corrected chi connectivity index (χ4v) is 3.30. The van der Waals surface area contributed by atoms with Crippen LogP contribution < -0.4 is 5.32 Å². The number of halogens is 1. The van der Waals surface area contributed by atoms with Crippen LogP contribution in [-0.4, -0.2) is 78.5 Å². The van der Waals surface area contributed by atoms with Gasteiger partial charge in [0, 0.05) is 19.3 Å². The molecule has 0 spiro atoms. The Balaban J connectivity index is 1.72. The lowest BCUT2D eigenvalue weighted by Gasteiger charge is -2.17. The molecule has 1 aromatic carbocycles. The molecule has 1 aromatic heterocycles. The highest BCUT2D eigenvalue weighted by molar-refractivity contribution is 5.84. The van der Waals surface area contributed by atoms with Gasteiger partial charge in [0.25, 0.3) is 0 Å². The number of carboxylic acids is 2. The molecule has 1 atom stereocenters. The van der Waals surface area contributed by atoms with Crippen LogP contribution in [0.5, 0.6) is 0 Å². The first-order chi connectivity index (χ1) is 17.2. The van der Waals surface area contributed by atoms with Crippen molar-refractivity contribution in [1.82, 2.24) is 25.4 Å². The predicted octanol–water partition coefficient (Wildman–Crippen LogP) is 1.53. The predicted molar refractivity (Wildman–Crippen MR) is 123 cm³/mol. The highest BCUT2D eigenvalue weighted by Crippen LogP contribution is 2.12. The number of aryl methyl sites for hydroxylation is 2. The zero-order valence-electron chi connectivity index (χ0n) is 19.7. The van der Waals surface area contributed by atoms with Crippen molar-refractivity contribution in [1.29, 1.82) is 0 Å². The van der Waals surface area contributed by atoms with Crippen LogP contribution in [0.25, 0.3) is 5.69 Å². The molecular formula is C23H30FN5O7. The van der Waals surface area contributed by atoms with E-state index >= 15 is 0 Å². The Bertz CT molecular complexity index is 1030. The SMILES string of the molecule is O=C(O)CCC(NC(=O)CCN(O)C(=O)CCCc1ccc(-n2cc(CCCF)nn2)cc1)C(=O)O. The average Bonchev–Trinajstić information content (AvgIpc) is 3.32. The summed E-state index contributed by atoms with van der Waals surface area (Å²) in [5.41, 5.74) is 2.47. The molecule has 2 amide bonds. The van der Waals surface area contributed by atoms with Crippen LogP contribution in [0.2, 0.25) is 0 Å². The summed E-state index contributed by atoms with van der Waals surface area (Å²) < 4.78 is 13.9. The highest BCUT2D eigenvalue weighted by Gasteiger charge is 2.21. The van der Waals surface area contributed by atoms with E-state index in [9.17, 15) is 28.8 Å². The van der Waals surface area contributed by atoms with E-state index in [2.05, 4.69) is 15.6 Å². The number of benzene rings is 1. The van der Waals surface area contributed by atoms with E-state index in [1.165, 1.54) is 0 Å². The van der Waals surface area contributed by atoms with Crippen molar-refractivity contribution in [2.75, 3.05) is 13.2 Å². The number of aliphatic carboxylic acids is 2. The van der Waals surface area contributed by atoms with Crippen LogP contribution in [0.15, 0.2) is 30.5 Å². The summed E-state index contributed by atoms with van der Waals surface area (Å²) in [6.07, 6.45) is 2.69. The number of carbonyl (C=O) groups excluding carboxylic acids is 2. The van der Waals surface area contributed by atoms with Crippen molar-refractivity contribution < 1.29 is 39.0 Å². The summed E-state index contributed by atoms with van der Waals surface area (Å²) in [6, 6.07) is 6.10. The second-order valence-electron chi connectivity index (χ2n) is 8.12. The molecule has 196 valence electrons. The fraction of sp³-hybridized carbons (Fsp3) is 0.478. The Morgan fingerprint density at radius 3 is 2.39 bits per heavy atom. The van der Waals surface area contributed by atoms with Gasteiger partial charge in [-0.05, 0) is 49.8 Å². The number of carbonyl (C=O) groups is 4. The maximum Gasteiger partial charge on any atom is 0.326 e. The van der Waals surface area contributed by atoms with Crippen LogP contribution in [0.3, 0.4) is 0 Å². The molecule has 12 nitrogen and oxygen atoms in total. The van der Waals surface area contributed by atoms with E-state index in [0.717, 1.165) is 11.3 Å². The first-order valence-corrected chi connectivity index (χ1v) is 11.5. The zero-order valence-corrected chi connectivity index (χ0v) is 19.7. The van der Waals surface area contributed by atoms with Crippen LogP contribution in [0.4, 0.5) is 4.39 Å². The average molecular weight is 508 g/mol. The summed E-state index contributed by atoms with van der Waals surface area (Å²) in [5.74, 6) is -3.85. The largest absolute Gasteiger partial charge is 0.481 e. The van der Waals surface area contributed by atoms with Gasteiger partial charge in [0.1, 0.15) is 6.04 Å². The third-order valence-corrected chi connectivity index (χ3v) is 5.28. The molecule has 1 unspecified atom stereocenters. The van der Waals surface area contributed by atoms with Crippen LogP contribution in [-0.2, 0) is 32.0 Å². The van der Waals surface area contributed by atoms with Gasteiger partial charge in [-0.1, -0.05) is 17.3 Å². The Morgan fingerprint density at radius 1 is 1.03 bits per heavy atom. The molecule has 2 rings (SSSR count). The number of amides is 2. The molecule has 0 radical (unpaired) electrons. The molecule has 2 aromatic rings. The maximum atomic E-state index is 12.3. The van der Waals surface area contributed by atoms with Gasteiger partial charge in [-0.25, -0.2) is 14.5 Å². The molecular weight excluding hydrogens is 477 g/mol. The number of alkyl halides is 1. The topological polar surface area (TPSA) is 175 Å². The third-order valence-electron chi connectivity index (χ3n) is 5.28. The maximum absolute atomic E-state index is 12.3. The highest BCUT2D eigenvalue weighted by atomic mass is 19.1. The Morgan fingerprint density at radius 2 is 1.75 bits per heavy atom. The molecule has 0 aliphatic rings. The lowest BCUT2D eigenvalue weighted by molar-refractivity contribution is -0.166. The minimum atomic E-state index is -1.37. The normalized spacial score (nSPS) is 11.6. The van der Waals surface area contributed by atoms with Crippen LogP contribution in [0.1, 0.15) is 49.8 Å². The van der Waals surface area contributed by atoms with Gasteiger partial charge in [0.2, 0.25) is 11.8 Å². The minimum Gasteiger partial charge on any atom is -0.481 e. The Labute approximate surface area is 206 Å². The van der Waals surface area contributed by atoms with Gasteiger partial charge in [-0.3, -0.25) is 24.0 Å². The second kappa shape index (κ2) is 14.5. The van der Waals surface area contributed by atoms with E-state index in [1.807, 2.05) is 24.3 Å². The van der Waals surface area contributed by atoms with Crippen LogP contribution in [0, 0.1) is 0 Å². The van der Waals surface area contributed by atoms with Crippen molar-refractivity contribution in [3.63, 3.8) is 0 Å². The van der Waals surface area contributed by atoms with Gasteiger partial charge in [0.15, 0.2) is 0 Å². The number of aromatic nitrogens is 3. The smallest absolute Gasteiger partial charge is 0.326 e. The molecule has 0 aliphatic carbocycles. The van der Waals surface area contributed by atoms with Crippen molar-refractivity contribution >= 4 is 23.8 Å². The summed E-state index contributed by atoms with van der Waals surface area (Å²) in [4.78, 5) is 45.7. The molecule has 0 bridgehead atoms. The van der Waals surface area contributed by atoms with E-state index in [-0.39, 0.29) is 25.8 Å². The lowest BCUT2D eigenvalue weighted by Crippen LogP contribution is -2.42. The van der Waals surface area contributed by atoms with E-state index in [1.54, 1.807) is 10.9 Å². The van der Waals surface area contributed by atoms with Crippen molar-refractivity contribution in [2.24, 2.45) is 0 Å². The Hall–Kier alpha value is -3.87. The molecule has 0 aliphatic heterocycles. The number of hydrogen-bond acceptors (Lipinski definition) is 7. The molecule has 13 heteroatoms. The van der Waals surface area contributed by atoms with Gasteiger partial charge >= 0.3 is 11.9 Å². The number of hydroxylamine groups is 2. The molecule has 36 heavy (non-hydrogen) atoms. The molecule has 0 saturated carbocycles. The van der Waals surface area contributed by atoms with E-state index in [0.29, 0.717) is 36.4 Å². The zero-order chi connectivity index (χ0) is 26.5.